The van der Waals surface area contributed by atoms with Crippen LogP contribution in [0.4, 0.5) is 0 Å². The Balaban J connectivity index is 2.39. The summed E-state index contributed by atoms with van der Waals surface area (Å²) in [4.78, 5) is 0.288. The summed E-state index contributed by atoms with van der Waals surface area (Å²) in [7, 11) is -3.49. The highest BCUT2D eigenvalue weighted by Crippen LogP contribution is 2.31. The van der Waals surface area contributed by atoms with Crippen molar-refractivity contribution in [1.82, 2.24) is 4.31 Å². The standard InChI is InChI=1S/C16H25NO3S/c1-5-20-15-9-12(2)6-7-16(15)21(18,19)17-10-13(3)8-14(4)11-17/h6-7,9,13-14H,5,8,10-11H2,1-4H3/t13-,14+. The van der Waals surface area contributed by atoms with Gasteiger partial charge in [0.15, 0.2) is 0 Å². The first-order chi connectivity index (χ1) is 9.84. The van der Waals surface area contributed by atoms with E-state index in [9.17, 15) is 8.42 Å². The Kier molecular flexibility index (Phi) is 4.94. The first-order valence-corrected chi connectivity index (χ1v) is 9.02. The average Bonchev–Trinajstić information content (AvgIpc) is 2.37. The van der Waals surface area contributed by atoms with Crippen LogP contribution in [-0.4, -0.2) is 32.4 Å². The summed E-state index contributed by atoms with van der Waals surface area (Å²) in [6, 6.07) is 5.29. The Hall–Kier alpha value is -1.07. The third-order valence-corrected chi connectivity index (χ3v) is 5.72. The lowest BCUT2D eigenvalue weighted by molar-refractivity contribution is 0.222. The van der Waals surface area contributed by atoms with E-state index in [0.717, 1.165) is 12.0 Å². The minimum absolute atomic E-state index is 0.288. The maximum absolute atomic E-state index is 12.9. The van der Waals surface area contributed by atoms with E-state index in [4.69, 9.17) is 4.74 Å². The van der Waals surface area contributed by atoms with E-state index in [-0.39, 0.29) is 4.90 Å². The molecule has 4 nitrogen and oxygen atoms in total. The molecule has 0 spiro atoms. The van der Waals surface area contributed by atoms with Crippen LogP contribution in [0.15, 0.2) is 23.1 Å². The van der Waals surface area contributed by atoms with Gasteiger partial charge in [0.2, 0.25) is 10.0 Å². The first kappa shape index (κ1) is 16.3. The van der Waals surface area contributed by atoms with E-state index in [0.29, 0.717) is 37.3 Å². The van der Waals surface area contributed by atoms with Crippen molar-refractivity contribution in [1.29, 1.82) is 0 Å². The number of hydrogen-bond donors (Lipinski definition) is 0. The highest BCUT2D eigenvalue weighted by molar-refractivity contribution is 7.89. The fourth-order valence-electron chi connectivity index (χ4n) is 3.04. The van der Waals surface area contributed by atoms with Crippen LogP contribution in [0.1, 0.15) is 32.8 Å². The Bertz CT molecular complexity index is 588. The van der Waals surface area contributed by atoms with Crippen molar-refractivity contribution in [2.75, 3.05) is 19.7 Å². The van der Waals surface area contributed by atoms with Crippen LogP contribution in [0.5, 0.6) is 5.75 Å². The molecule has 1 fully saturated rings. The molecule has 2 atom stereocenters. The zero-order valence-electron chi connectivity index (χ0n) is 13.3. The van der Waals surface area contributed by atoms with Crippen molar-refractivity contribution >= 4 is 10.0 Å². The SMILES string of the molecule is CCOc1cc(C)ccc1S(=O)(=O)N1C[C@H](C)C[C@H](C)C1. The molecule has 0 saturated carbocycles. The monoisotopic (exact) mass is 311 g/mol. The molecule has 1 heterocycles. The van der Waals surface area contributed by atoms with Crippen molar-refractivity contribution in [3.05, 3.63) is 23.8 Å². The van der Waals surface area contributed by atoms with E-state index in [1.807, 2.05) is 19.9 Å². The molecule has 0 N–H and O–H groups in total. The lowest BCUT2D eigenvalue weighted by atomic mass is 9.94. The molecule has 118 valence electrons. The second-order valence-electron chi connectivity index (χ2n) is 6.15. The first-order valence-electron chi connectivity index (χ1n) is 7.58. The van der Waals surface area contributed by atoms with Gasteiger partial charge in [0.25, 0.3) is 0 Å². The molecule has 2 rings (SSSR count). The van der Waals surface area contributed by atoms with Gasteiger partial charge in [-0.05, 0) is 49.8 Å². The molecule has 21 heavy (non-hydrogen) atoms. The van der Waals surface area contributed by atoms with Gasteiger partial charge in [0.1, 0.15) is 10.6 Å². The number of rotatable bonds is 4. The highest BCUT2D eigenvalue weighted by atomic mass is 32.2. The van der Waals surface area contributed by atoms with Gasteiger partial charge in [-0.1, -0.05) is 19.9 Å². The van der Waals surface area contributed by atoms with Crippen LogP contribution in [0.3, 0.4) is 0 Å². The maximum atomic E-state index is 12.9. The summed E-state index contributed by atoms with van der Waals surface area (Å²) in [6.45, 7) is 9.65. The van der Waals surface area contributed by atoms with E-state index >= 15 is 0 Å². The average molecular weight is 311 g/mol. The molecule has 5 heteroatoms. The number of benzene rings is 1. The maximum Gasteiger partial charge on any atom is 0.246 e. The largest absolute Gasteiger partial charge is 0.492 e. The quantitative estimate of drug-likeness (QED) is 0.858. The Morgan fingerprint density at radius 1 is 1.24 bits per heavy atom. The summed E-state index contributed by atoms with van der Waals surface area (Å²) < 4.78 is 33.0. The second kappa shape index (κ2) is 6.36. The predicted octanol–water partition coefficient (Wildman–Crippen LogP) is 3.06. The Labute approximate surface area is 128 Å². The Morgan fingerprint density at radius 2 is 1.86 bits per heavy atom. The molecular formula is C16H25NO3S. The summed E-state index contributed by atoms with van der Waals surface area (Å²) in [6.07, 6.45) is 1.08. The van der Waals surface area contributed by atoms with E-state index in [2.05, 4.69) is 13.8 Å². The molecule has 0 aliphatic carbocycles. The number of nitrogens with zero attached hydrogens (tertiary/aromatic N) is 1. The van der Waals surface area contributed by atoms with Crippen molar-refractivity contribution in [3.8, 4) is 5.75 Å². The molecule has 0 aromatic heterocycles. The molecule has 1 aliphatic heterocycles. The molecule has 1 aromatic rings. The molecule has 1 aliphatic rings. The van der Waals surface area contributed by atoms with E-state index < -0.39 is 10.0 Å². The fraction of sp³-hybridized carbons (Fsp3) is 0.625. The predicted molar refractivity (Wildman–Crippen MR) is 84.1 cm³/mol. The third-order valence-electron chi connectivity index (χ3n) is 3.85. The molecule has 0 amide bonds. The van der Waals surface area contributed by atoms with Gasteiger partial charge < -0.3 is 4.74 Å². The lowest BCUT2D eigenvalue weighted by Crippen LogP contribution is -2.42. The molecule has 0 unspecified atom stereocenters. The number of ether oxygens (including phenoxy) is 1. The highest BCUT2D eigenvalue weighted by Gasteiger charge is 2.33. The summed E-state index contributed by atoms with van der Waals surface area (Å²) in [5, 5.41) is 0. The van der Waals surface area contributed by atoms with Gasteiger partial charge >= 0.3 is 0 Å². The number of piperidine rings is 1. The van der Waals surface area contributed by atoms with Crippen LogP contribution >= 0.6 is 0 Å². The summed E-state index contributed by atoms with van der Waals surface area (Å²) in [5.41, 5.74) is 0.998. The topological polar surface area (TPSA) is 46.6 Å². The van der Waals surface area contributed by atoms with Gasteiger partial charge in [0.05, 0.1) is 6.61 Å². The van der Waals surface area contributed by atoms with Gasteiger partial charge in [0, 0.05) is 13.1 Å². The fourth-order valence-corrected chi connectivity index (χ4v) is 4.83. The van der Waals surface area contributed by atoms with Crippen molar-refractivity contribution in [2.24, 2.45) is 11.8 Å². The minimum Gasteiger partial charge on any atom is -0.492 e. The zero-order valence-corrected chi connectivity index (χ0v) is 14.1. The Morgan fingerprint density at radius 3 is 2.43 bits per heavy atom. The third kappa shape index (κ3) is 3.58. The van der Waals surface area contributed by atoms with E-state index in [1.54, 1.807) is 16.4 Å². The number of sulfonamides is 1. The van der Waals surface area contributed by atoms with Gasteiger partial charge in [-0.15, -0.1) is 0 Å². The van der Waals surface area contributed by atoms with Crippen LogP contribution < -0.4 is 4.74 Å². The van der Waals surface area contributed by atoms with Gasteiger partial charge in [-0.3, -0.25) is 0 Å². The lowest BCUT2D eigenvalue weighted by Gasteiger charge is -2.34. The van der Waals surface area contributed by atoms with Gasteiger partial charge in [-0.2, -0.15) is 4.31 Å². The summed E-state index contributed by atoms with van der Waals surface area (Å²) in [5.74, 6) is 1.25. The number of aryl methyl sites for hydroxylation is 1. The van der Waals surface area contributed by atoms with Crippen molar-refractivity contribution < 1.29 is 13.2 Å². The molecule has 0 bridgehead atoms. The smallest absolute Gasteiger partial charge is 0.246 e. The second-order valence-corrected chi connectivity index (χ2v) is 8.06. The molecule has 1 saturated heterocycles. The van der Waals surface area contributed by atoms with Crippen molar-refractivity contribution in [3.63, 3.8) is 0 Å². The number of hydrogen-bond acceptors (Lipinski definition) is 3. The van der Waals surface area contributed by atoms with Crippen LogP contribution in [0.2, 0.25) is 0 Å². The molecular weight excluding hydrogens is 286 g/mol. The minimum atomic E-state index is -3.49. The van der Waals surface area contributed by atoms with Crippen LogP contribution in [0.25, 0.3) is 0 Å². The molecule has 0 radical (unpaired) electrons. The van der Waals surface area contributed by atoms with Crippen LogP contribution in [0, 0.1) is 18.8 Å². The van der Waals surface area contributed by atoms with Crippen LogP contribution in [-0.2, 0) is 10.0 Å². The zero-order chi connectivity index (χ0) is 15.6. The normalized spacial score (nSPS) is 24.0. The summed E-state index contributed by atoms with van der Waals surface area (Å²) >= 11 is 0. The van der Waals surface area contributed by atoms with Crippen molar-refractivity contribution in [2.45, 2.75) is 39.0 Å². The molecule has 1 aromatic carbocycles. The van der Waals surface area contributed by atoms with Gasteiger partial charge in [-0.25, -0.2) is 8.42 Å². The van der Waals surface area contributed by atoms with E-state index in [1.165, 1.54) is 0 Å².